The number of nitrogens with one attached hydrogen (secondary N) is 1. The predicted octanol–water partition coefficient (Wildman–Crippen LogP) is 0.191. The molecule has 4 atom stereocenters. The molecule has 0 bridgehead atoms. The van der Waals surface area contributed by atoms with Crippen molar-refractivity contribution in [3.63, 3.8) is 0 Å². The number of nitrogens with two attached hydrogens (primary N) is 1. The lowest BCUT2D eigenvalue weighted by Gasteiger charge is -2.51. The number of rotatable bonds is 7. The van der Waals surface area contributed by atoms with E-state index in [1.807, 2.05) is 12.3 Å². The third kappa shape index (κ3) is 3.95. The van der Waals surface area contributed by atoms with E-state index in [2.05, 4.69) is 20.8 Å². The number of aryl methyl sites for hydroxylation is 1. The molecule has 4 rings (SSSR count). The van der Waals surface area contributed by atoms with E-state index in [0.29, 0.717) is 21.4 Å². The molecule has 2 unspecified atom stereocenters. The molecule has 164 valence electrons. The molecule has 4 N–H and O–H groups in total. The van der Waals surface area contributed by atoms with E-state index in [-0.39, 0.29) is 10.9 Å². The number of hydrogen-bond donors (Lipinski definition) is 3. The lowest BCUT2D eigenvalue weighted by atomic mass is 10.0. The highest BCUT2D eigenvalue weighted by Crippen LogP contribution is 2.45. The molecule has 4 heterocycles. The maximum Gasteiger partial charge on any atom is 0.352 e. The Balaban J connectivity index is 1.51. The van der Waals surface area contributed by atoms with Crippen molar-refractivity contribution < 1.29 is 19.5 Å². The molecule has 14 heteroatoms. The molecule has 31 heavy (non-hydrogen) atoms. The Morgan fingerprint density at radius 2 is 2.23 bits per heavy atom. The van der Waals surface area contributed by atoms with Crippen LogP contribution in [0.15, 0.2) is 33.9 Å². The summed E-state index contributed by atoms with van der Waals surface area (Å²) in [4.78, 5) is 39.3. The summed E-state index contributed by atoms with van der Waals surface area (Å²) in [5.41, 5.74) is 6.55. The molecule has 11 nitrogen and oxygen atoms in total. The van der Waals surface area contributed by atoms with Gasteiger partial charge >= 0.3 is 5.97 Å². The van der Waals surface area contributed by atoms with Gasteiger partial charge in [0.25, 0.3) is 5.91 Å². The first kappa shape index (κ1) is 21.8. The van der Waals surface area contributed by atoms with Gasteiger partial charge in [0.05, 0.1) is 0 Å². The van der Waals surface area contributed by atoms with E-state index in [1.54, 1.807) is 19.2 Å². The minimum Gasteiger partial charge on any atom is -0.477 e. The first-order valence-corrected chi connectivity index (χ1v) is 12.0. The van der Waals surface area contributed by atoms with Crippen LogP contribution in [0.4, 0.5) is 0 Å². The number of thiophene rings is 1. The average Bonchev–Trinajstić information content (AvgIpc) is 3.41. The quantitative estimate of drug-likeness (QED) is 0.368. The van der Waals surface area contributed by atoms with E-state index in [4.69, 9.17) is 5.73 Å². The normalized spacial score (nSPS) is 23.9. The van der Waals surface area contributed by atoms with E-state index in [1.165, 1.54) is 44.4 Å². The summed E-state index contributed by atoms with van der Waals surface area (Å²) >= 11 is 4.08. The van der Waals surface area contributed by atoms with E-state index in [9.17, 15) is 19.5 Å². The number of carboxylic acids is 1. The van der Waals surface area contributed by atoms with Crippen LogP contribution in [0.3, 0.4) is 0 Å². The fourth-order valence-corrected chi connectivity index (χ4v) is 6.63. The smallest absolute Gasteiger partial charge is 0.352 e. The number of hydrogen-bond acceptors (Lipinski definition) is 10. The van der Waals surface area contributed by atoms with Gasteiger partial charge < -0.3 is 16.2 Å². The molecular weight excluding hydrogens is 462 g/mol. The van der Waals surface area contributed by atoms with E-state index < -0.39 is 35.2 Å². The lowest BCUT2D eigenvalue weighted by molar-refractivity contribution is -0.151. The maximum absolute atomic E-state index is 12.8. The summed E-state index contributed by atoms with van der Waals surface area (Å²) in [6, 6.07) is 1.85. The third-order valence-electron chi connectivity index (χ3n) is 4.99. The first-order chi connectivity index (χ1) is 14.8. The highest BCUT2D eigenvalue weighted by molar-refractivity contribution is 8.01. The lowest BCUT2D eigenvalue weighted by Crippen LogP contribution is -2.71. The van der Waals surface area contributed by atoms with Crippen LogP contribution in [0.1, 0.15) is 17.8 Å². The number of β-lactam (4-membered cyclic amide) rings is 1. The Morgan fingerprint density at radius 3 is 2.84 bits per heavy atom. The molecule has 2 amide bonds. The molecule has 0 aromatic carbocycles. The van der Waals surface area contributed by atoms with Crippen molar-refractivity contribution in [3.8, 4) is 0 Å². The van der Waals surface area contributed by atoms with Crippen molar-refractivity contribution in [3.05, 3.63) is 33.7 Å². The van der Waals surface area contributed by atoms with Gasteiger partial charge in [-0.3, -0.25) is 14.5 Å². The van der Waals surface area contributed by atoms with Crippen LogP contribution >= 0.6 is 34.9 Å². The number of aromatic nitrogens is 4. The van der Waals surface area contributed by atoms with Crippen LogP contribution in [0.25, 0.3) is 0 Å². The summed E-state index contributed by atoms with van der Waals surface area (Å²) in [6.07, 6.45) is 0. The van der Waals surface area contributed by atoms with Gasteiger partial charge in [-0.1, -0.05) is 17.8 Å². The summed E-state index contributed by atoms with van der Waals surface area (Å²) in [7, 11) is 1.69. The van der Waals surface area contributed by atoms with E-state index in [0.717, 1.165) is 0 Å². The van der Waals surface area contributed by atoms with Crippen molar-refractivity contribution >= 4 is 52.6 Å². The van der Waals surface area contributed by atoms with Gasteiger partial charge in [-0.15, -0.1) is 28.2 Å². The van der Waals surface area contributed by atoms with Crippen molar-refractivity contribution in [1.29, 1.82) is 0 Å². The summed E-state index contributed by atoms with van der Waals surface area (Å²) in [6.45, 7) is 1.88. The molecule has 2 aromatic heterocycles. The molecule has 1 saturated heterocycles. The summed E-state index contributed by atoms with van der Waals surface area (Å²) in [5, 5.41) is 25.4. The molecule has 2 aliphatic rings. The average molecular weight is 482 g/mol. The minimum absolute atomic E-state index is 0.0445. The Bertz CT molecular complexity index is 1050. The Morgan fingerprint density at radius 1 is 1.45 bits per heavy atom. The molecule has 0 aliphatic carbocycles. The van der Waals surface area contributed by atoms with Crippen molar-refractivity contribution in [2.45, 2.75) is 34.8 Å². The maximum atomic E-state index is 12.8. The predicted molar refractivity (Wildman–Crippen MR) is 115 cm³/mol. The molecular formula is C17H19N7O4S3. The summed E-state index contributed by atoms with van der Waals surface area (Å²) in [5.74, 6) is -1.79. The highest BCUT2D eigenvalue weighted by Gasteiger charge is 2.55. The van der Waals surface area contributed by atoms with E-state index >= 15 is 0 Å². The molecule has 0 radical (unpaired) electrons. The molecule has 0 saturated carbocycles. The van der Waals surface area contributed by atoms with Gasteiger partial charge in [0.2, 0.25) is 11.1 Å². The fraction of sp³-hybridized carbons (Fsp3) is 0.412. The first-order valence-electron chi connectivity index (χ1n) is 9.19. The highest BCUT2D eigenvalue weighted by atomic mass is 32.2. The number of tetrazole rings is 1. The van der Waals surface area contributed by atoms with Gasteiger partial charge in [-0.05, 0) is 34.4 Å². The van der Waals surface area contributed by atoms with Crippen molar-refractivity contribution in [1.82, 2.24) is 30.4 Å². The number of carbonyl (C=O) groups excluding carboxylic acids is 2. The van der Waals surface area contributed by atoms with Crippen LogP contribution in [0, 0.1) is 0 Å². The second-order valence-electron chi connectivity index (χ2n) is 6.91. The van der Waals surface area contributed by atoms with Gasteiger partial charge in [-0.2, -0.15) is 0 Å². The van der Waals surface area contributed by atoms with Crippen molar-refractivity contribution in [2.75, 3.05) is 5.75 Å². The van der Waals surface area contributed by atoms with Crippen LogP contribution in [0.2, 0.25) is 0 Å². The molecule has 0 spiro atoms. The SMILES string of the molecule is C[C@H]1S[C@@H]2C(NC(=O)C(N)c3cccs3)C(=O)N2C(C(=O)O)=C1CSc1nnnn1C. The molecule has 1 fully saturated rings. The number of carboxylic acid groups (broad SMARTS) is 1. The largest absolute Gasteiger partial charge is 0.477 e. The molecule has 2 aromatic rings. The van der Waals surface area contributed by atoms with Gasteiger partial charge in [0, 0.05) is 22.9 Å². The van der Waals surface area contributed by atoms with Crippen LogP contribution in [-0.4, -0.2) is 70.4 Å². The number of fused-ring (bicyclic) bond motifs is 1. The van der Waals surface area contributed by atoms with Crippen molar-refractivity contribution in [2.24, 2.45) is 12.8 Å². The van der Waals surface area contributed by atoms with Crippen LogP contribution in [0.5, 0.6) is 0 Å². The second kappa shape index (κ2) is 8.61. The minimum atomic E-state index is -1.18. The summed E-state index contributed by atoms with van der Waals surface area (Å²) < 4.78 is 1.49. The topological polar surface area (TPSA) is 156 Å². The van der Waals surface area contributed by atoms with Gasteiger partial charge in [0.1, 0.15) is 23.2 Å². The number of aliphatic carboxylic acids is 1. The zero-order chi connectivity index (χ0) is 22.3. The standard InChI is InChI=1S/C17H19N7O4S3/c1-7-8(6-30-17-20-21-22-23(17)2)12(16(27)28)24-14(26)11(15(24)31-7)19-13(25)10(18)9-4-3-5-29-9/h3-5,7,10-11,15H,6,18H2,1-2H3,(H,19,25)(H,27,28)/t7-,10?,11?,15-/m1/s1. The second-order valence-corrected chi connectivity index (χ2v) is 10.3. The van der Waals surface area contributed by atoms with Gasteiger partial charge in [0.15, 0.2) is 0 Å². The Labute approximate surface area is 189 Å². The Kier molecular flexibility index (Phi) is 6.05. The number of carbonyl (C=O) groups is 3. The Hall–Kier alpha value is -2.42. The zero-order valence-corrected chi connectivity index (χ0v) is 18.9. The number of thioether (sulfide) groups is 2. The zero-order valence-electron chi connectivity index (χ0n) is 16.5. The van der Waals surface area contributed by atoms with Gasteiger partial charge in [-0.25, -0.2) is 9.48 Å². The number of amides is 2. The third-order valence-corrected chi connectivity index (χ3v) is 8.46. The monoisotopic (exact) mass is 481 g/mol. The van der Waals surface area contributed by atoms with Crippen LogP contribution < -0.4 is 11.1 Å². The number of nitrogens with zero attached hydrogens (tertiary/aromatic N) is 5. The fourth-order valence-electron chi connectivity index (χ4n) is 3.36. The molecule has 2 aliphatic heterocycles. The van der Waals surface area contributed by atoms with Crippen LogP contribution in [-0.2, 0) is 21.4 Å².